The van der Waals surface area contributed by atoms with Crippen LogP contribution in [0.2, 0.25) is 0 Å². The molecule has 3 nitrogen and oxygen atoms in total. The van der Waals surface area contributed by atoms with Crippen molar-refractivity contribution in [2.24, 2.45) is 5.41 Å². The predicted molar refractivity (Wildman–Crippen MR) is 85.7 cm³/mol. The minimum Gasteiger partial charge on any atom is -0.355 e. The molecule has 0 aromatic heterocycles. The van der Waals surface area contributed by atoms with Gasteiger partial charge in [-0.25, -0.2) is 0 Å². The van der Waals surface area contributed by atoms with E-state index in [0.717, 1.165) is 30.4 Å². The van der Waals surface area contributed by atoms with Gasteiger partial charge in [0.15, 0.2) is 0 Å². The van der Waals surface area contributed by atoms with Gasteiger partial charge in [0.25, 0.3) is 0 Å². The summed E-state index contributed by atoms with van der Waals surface area (Å²) in [6.07, 6.45) is 4.93. The molecule has 1 aliphatic rings. The zero-order chi connectivity index (χ0) is 14.4. The van der Waals surface area contributed by atoms with Gasteiger partial charge < -0.3 is 10.6 Å². The molecule has 0 spiro atoms. The van der Waals surface area contributed by atoms with Crippen LogP contribution >= 0.6 is 15.9 Å². The SMILES string of the molecule is CNCC1(CNC(=O)CCCc2cccc(Br)c2)CC1. The van der Waals surface area contributed by atoms with E-state index in [1.807, 2.05) is 19.2 Å². The fourth-order valence-electron chi connectivity index (χ4n) is 2.49. The van der Waals surface area contributed by atoms with E-state index in [-0.39, 0.29) is 5.91 Å². The largest absolute Gasteiger partial charge is 0.355 e. The van der Waals surface area contributed by atoms with Gasteiger partial charge in [0.1, 0.15) is 0 Å². The van der Waals surface area contributed by atoms with Gasteiger partial charge in [-0.05, 0) is 50.4 Å². The number of hydrogen-bond donors (Lipinski definition) is 2. The lowest BCUT2D eigenvalue weighted by Gasteiger charge is -2.15. The second kappa shape index (κ2) is 7.23. The quantitative estimate of drug-likeness (QED) is 0.765. The van der Waals surface area contributed by atoms with Gasteiger partial charge in [-0.1, -0.05) is 28.1 Å². The molecule has 0 radical (unpaired) electrons. The van der Waals surface area contributed by atoms with Crippen molar-refractivity contribution in [2.45, 2.75) is 32.1 Å². The standard InChI is InChI=1S/C16H23BrN2O/c1-18-11-16(8-9-16)12-19-15(20)7-3-5-13-4-2-6-14(17)10-13/h2,4,6,10,18H,3,5,7-9,11-12H2,1H3,(H,19,20). The van der Waals surface area contributed by atoms with Crippen LogP contribution in [0.1, 0.15) is 31.2 Å². The van der Waals surface area contributed by atoms with E-state index in [2.05, 4.69) is 38.7 Å². The van der Waals surface area contributed by atoms with Crippen molar-refractivity contribution in [2.75, 3.05) is 20.1 Å². The second-order valence-electron chi connectivity index (χ2n) is 5.79. The Morgan fingerprint density at radius 1 is 1.35 bits per heavy atom. The van der Waals surface area contributed by atoms with E-state index in [4.69, 9.17) is 0 Å². The average molecular weight is 339 g/mol. The summed E-state index contributed by atoms with van der Waals surface area (Å²) in [6, 6.07) is 8.28. The molecule has 0 unspecified atom stereocenters. The number of amides is 1. The van der Waals surface area contributed by atoms with Gasteiger partial charge in [0, 0.05) is 29.4 Å². The molecule has 1 fully saturated rings. The summed E-state index contributed by atoms with van der Waals surface area (Å²) in [7, 11) is 1.97. The number of carbonyl (C=O) groups is 1. The van der Waals surface area contributed by atoms with Crippen LogP contribution in [-0.2, 0) is 11.2 Å². The van der Waals surface area contributed by atoms with Crippen molar-refractivity contribution in [1.29, 1.82) is 0 Å². The Morgan fingerprint density at radius 2 is 2.15 bits per heavy atom. The van der Waals surface area contributed by atoms with Crippen LogP contribution in [0.4, 0.5) is 0 Å². The number of halogens is 1. The zero-order valence-electron chi connectivity index (χ0n) is 12.0. The smallest absolute Gasteiger partial charge is 0.220 e. The highest BCUT2D eigenvalue weighted by Gasteiger charge is 2.41. The van der Waals surface area contributed by atoms with Crippen molar-refractivity contribution in [3.63, 3.8) is 0 Å². The lowest BCUT2D eigenvalue weighted by atomic mass is 10.1. The van der Waals surface area contributed by atoms with Crippen molar-refractivity contribution < 1.29 is 4.79 Å². The van der Waals surface area contributed by atoms with Crippen molar-refractivity contribution in [3.8, 4) is 0 Å². The molecule has 1 saturated carbocycles. The molecular formula is C16H23BrN2O. The monoisotopic (exact) mass is 338 g/mol. The molecule has 1 aromatic carbocycles. The van der Waals surface area contributed by atoms with E-state index in [1.54, 1.807) is 0 Å². The Kier molecular flexibility index (Phi) is 5.61. The summed E-state index contributed by atoms with van der Waals surface area (Å²) in [5.41, 5.74) is 1.62. The third-order valence-electron chi connectivity index (χ3n) is 3.93. The van der Waals surface area contributed by atoms with Crippen molar-refractivity contribution in [1.82, 2.24) is 10.6 Å². The first kappa shape index (κ1) is 15.5. The number of benzene rings is 1. The van der Waals surface area contributed by atoms with E-state index >= 15 is 0 Å². The fraction of sp³-hybridized carbons (Fsp3) is 0.562. The molecule has 4 heteroatoms. The first-order valence-electron chi connectivity index (χ1n) is 7.29. The van der Waals surface area contributed by atoms with E-state index in [0.29, 0.717) is 11.8 Å². The molecule has 1 amide bonds. The van der Waals surface area contributed by atoms with Gasteiger partial charge in [-0.15, -0.1) is 0 Å². The predicted octanol–water partition coefficient (Wildman–Crippen LogP) is 2.89. The Hall–Kier alpha value is -0.870. The molecule has 110 valence electrons. The Morgan fingerprint density at radius 3 is 2.80 bits per heavy atom. The molecule has 2 rings (SSSR count). The number of aryl methyl sites for hydroxylation is 1. The van der Waals surface area contributed by atoms with Crippen LogP contribution in [-0.4, -0.2) is 26.0 Å². The average Bonchev–Trinajstić information content (AvgIpc) is 3.17. The topological polar surface area (TPSA) is 41.1 Å². The van der Waals surface area contributed by atoms with Gasteiger partial charge in [-0.2, -0.15) is 0 Å². The fourth-order valence-corrected chi connectivity index (χ4v) is 2.93. The van der Waals surface area contributed by atoms with Crippen LogP contribution in [0.5, 0.6) is 0 Å². The van der Waals surface area contributed by atoms with Crippen molar-refractivity contribution >= 4 is 21.8 Å². The molecule has 1 aromatic rings. The highest BCUT2D eigenvalue weighted by atomic mass is 79.9. The molecular weight excluding hydrogens is 316 g/mol. The first-order valence-corrected chi connectivity index (χ1v) is 8.09. The van der Waals surface area contributed by atoms with Crippen LogP contribution in [0.15, 0.2) is 28.7 Å². The Labute approximate surface area is 129 Å². The molecule has 1 aliphatic carbocycles. The number of rotatable bonds is 8. The molecule has 0 saturated heterocycles. The maximum atomic E-state index is 11.8. The summed E-state index contributed by atoms with van der Waals surface area (Å²) >= 11 is 3.47. The summed E-state index contributed by atoms with van der Waals surface area (Å²) in [5.74, 6) is 0.183. The highest BCUT2D eigenvalue weighted by Crippen LogP contribution is 2.44. The Balaban J connectivity index is 1.63. The molecule has 0 atom stereocenters. The lowest BCUT2D eigenvalue weighted by Crippen LogP contribution is -2.34. The van der Waals surface area contributed by atoms with E-state index in [9.17, 15) is 4.79 Å². The van der Waals surface area contributed by atoms with E-state index < -0.39 is 0 Å². The van der Waals surface area contributed by atoms with Gasteiger partial charge >= 0.3 is 0 Å². The highest BCUT2D eigenvalue weighted by molar-refractivity contribution is 9.10. The lowest BCUT2D eigenvalue weighted by molar-refractivity contribution is -0.121. The van der Waals surface area contributed by atoms with Crippen LogP contribution < -0.4 is 10.6 Å². The minimum atomic E-state index is 0.183. The first-order chi connectivity index (χ1) is 9.63. The maximum absolute atomic E-state index is 11.8. The molecule has 0 heterocycles. The maximum Gasteiger partial charge on any atom is 0.220 e. The normalized spacial score (nSPS) is 15.9. The number of carbonyl (C=O) groups excluding carboxylic acids is 1. The van der Waals surface area contributed by atoms with Gasteiger partial charge in [0.05, 0.1) is 0 Å². The second-order valence-corrected chi connectivity index (χ2v) is 6.71. The third kappa shape index (κ3) is 4.91. The van der Waals surface area contributed by atoms with E-state index in [1.165, 1.54) is 18.4 Å². The van der Waals surface area contributed by atoms with Crippen LogP contribution in [0.3, 0.4) is 0 Å². The summed E-state index contributed by atoms with van der Waals surface area (Å²) in [6.45, 7) is 1.83. The molecule has 2 N–H and O–H groups in total. The third-order valence-corrected chi connectivity index (χ3v) is 4.42. The number of nitrogens with one attached hydrogen (secondary N) is 2. The summed E-state index contributed by atoms with van der Waals surface area (Å²) in [4.78, 5) is 11.8. The summed E-state index contributed by atoms with van der Waals surface area (Å²) in [5, 5.41) is 6.29. The zero-order valence-corrected chi connectivity index (χ0v) is 13.6. The van der Waals surface area contributed by atoms with Gasteiger partial charge in [-0.3, -0.25) is 4.79 Å². The summed E-state index contributed by atoms with van der Waals surface area (Å²) < 4.78 is 1.10. The van der Waals surface area contributed by atoms with Crippen LogP contribution in [0, 0.1) is 5.41 Å². The molecule has 0 aliphatic heterocycles. The van der Waals surface area contributed by atoms with Crippen LogP contribution in [0.25, 0.3) is 0 Å². The molecule has 20 heavy (non-hydrogen) atoms. The Bertz CT molecular complexity index is 458. The number of hydrogen-bond acceptors (Lipinski definition) is 2. The van der Waals surface area contributed by atoms with Crippen molar-refractivity contribution in [3.05, 3.63) is 34.3 Å². The minimum absolute atomic E-state index is 0.183. The molecule has 0 bridgehead atoms. The van der Waals surface area contributed by atoms with Gasteiger partial charge in [0.2, 0.25) is 5.91 Å².